The molecule has 0 aliphatic heterocycles. The van der Waals surface area contributed by atoms with E-state index in [0.29, 0.717) is 36.5 Å². The Morgan fingerprint density at radius 1 is 0.683 bits per heavy atom. The number of rotatable bonds is 8. The average molecular weight is 575 g/mol. The minimum atomic E-state index is -3.65. The van der Waals surface area contributed by atoms with Gasteiger partial charge in [-0.1, -0.05) is 56.2 Å². The van der Waals surface area contributed by atoms with E-state index in [2.05, 4.69) is 17.7 Å². The lowest BCUT2D eigenvalue weighted by Gasteiger charge is -2.33. The van der Waals surface area contributed by atoms with Gasteiger partial charge in [-0.05, 0) is 91.9 Å². The first kappa shape index (κ1) is 29.5. The summed E-state index contributed by atoms with van der Waals surface area (Å²) < 4.78 is 89.3. The molecule has 0 heterocycles. The summed E-state index contributed by atoms with van der Waals surface area (Å²) in [6, 6.07) is 14.1. The summed E-state index contributed by atoms with van der Waals surface area (Å²) in [5, 5.41) is 0. The van der Waals surface area contributed by atoms with Gasteiger partial charge in [0.15, 0.2) is 17.5 Å². The van der Waals surface area contributed by atoms with Gasteiger partial charge in [-0.2, -0.15) is 8.78 Å². The molecule has 3 aromatic carbocycles. The van der Waals surface area contributed by atoms with Crippen molar-refractivity contribution in [2.75, 3.05) is 0 Å². The molecule has 0 bridgehead atoms. The van der Waals surface area contributed by atoms with E-state index in [4.69, 9.17) is 0 Å². The summed E-state index contributed by atoms with van der Waals surface area (Å²) in [6.07, 6.45) is 4.78. The minimum Gasteiger partial charge on any atom is -0.432 e. The summed E-state index contributed by atoms with van der Waals surface area (Å²) in [4.78, 5) is 0. The van der Waals surface area contributed by atoms with Crippen LogP contribution in [0.5, 0.6) is 5.75 Å². The van der Waals surface area contributed by atoms with Crippen molar-refractivity contribution in [3.63, 3.8) is 0 Å². The Bertz CT molecular complexity index is 1300. The molecule has 1 nitrogen and oxygen atoms in total. The SMILES string of the molecule is CCCC1CCC(c2ccc(-c3ccc(C4CCC(C(F)(F)Oc5cc(F)c(F)c(F)c5)CC4)cc3)c(F)c2)CC1. The van der Waals surface area contributed by atoms with Crippen LogP contribution in [0.4, 0.5) is 26.3 Å². The van der Waals surface area contributed by atoms with E-state index in [0.717, 1.165) is 35.4 Å². The van der Waals surface area contributed by atoms with E-state index in [1.165, 1.54) is 25.7 Å². The van der Waals surface area contributed by atoms with E-state index in [9.17, 15) is 22.0 Å². The van der Waals surface area contributed by atoms with Gasteiger partial charge in [0.05, 0.1) is 5.92 Å². The molecular weight excluding hydrogens is 538 g/mol. The van der Waals surface area contributed by atoms with Crippen molar-refractivity contribution >= 4 is 0 Å². The number of benzene rings is 3. The molecular formula is C34H36F6O. The first-order valence-electron chi connectivity index (χ1n) is 14.8. The molecule has 0 amide bonds. The van der Waals surface area contributed by atoms with Crippen LogP contribution in [0.2, 0.25) is 0 Å². The van der Waals surface area contributed by atoms with Gasteiger partial charge in [0.25, 0.3) is 0 Å². The highest BCUT2D eigenvalue weighted by Gasteiger charge is 2.44. The van der Waals surface area contributed by atoms with Crippen LogP contribution >= 0.6 is 0 Å². The van der Waals surface area contributed by atoms with Gasteiger partial charge in [-0.25, -0.2) is 17.6 Å². The van der Waals surface area contributed by atoms with Crippen LogP contribution in [-0.2, 0) is 0 Å². The largest absolute Gasteiger partial charge is 0.432 e. The number of halogens is 6. The maximum atomic E-state index is 15.2. The van der Waals surface area contributed by atoms with E-state index < -0.39 is 35.2 Å². The second-order valence-corrected chi connectivity index (χ2v) is 11.8. The van der Waals surface area contributed by atoms with Gasteiger partial charge in [-0.15, -0.1) is 0 Å². The van der Waals surface area contributed by atoms with Crippen molar-refractivity contribution < 1.29 is 31.1 Å². The lowest BCUT2D eigenvalue weighted by atomic mass is 9.77. The number of hydrogen-bond acceptors (Lipinski definition) is 1. The van der Waals surface area contributed by atoms with Crippen LogP contribution in [0.15, 0.2) is 54.6 Å². The molecule has 5 rings (SSSR count). The van der Waals surface area contributed by atoms with E-state index in [-0.39, 0.29) is 24.6 Å². The summed E-state index contributed by atoms with van der Waals surface area (Å²) in [5.74, 6) is -5.72. The van der Waals surface area contributed by atoms with Crippen molar-refractivity contribution in [2.24, 2.45) is 11.8 Å². The minimum absolute atomic E-state index is 0.0619. The average Bonchev–Trinajstić information content (AvgIpc) is 2.96. The molecule has 2 saturated carbocycles. The molecule has 0 spiro atoms. The van der Waals surface area contributed by atoms with Gasteiger partial charge in [0, 0.05) is 17.7 Å². The monoisotopic (exact) mass is 574 g/mol. The third kappa shape index (κ3) is 6.76. The third-order valence-electron chi connectivity index (χ3n) is 9.12. The second-order valence-electron chi connectivity index (χ2n) is 11.8. The molecule has 2 aliphatic rings. The Labute approximate surface area is 237 Å². The van der Waals surface area contributed by atoms with Crippen LogP contribution in [-0.4, -0.2) is 6.11 Å². The predicted molar refractivity (Wildman–Crippen MR) is 148 cm³/mol. The van der Waals surface area contributed by atoms with Crippen LogP contribution in [0.25, 0.3) is 11.1 Å². The topological polar surface area (TPSA) is 9.23 Å². The molecule has 41 heavy (non-hydrogen) atoms. The van der Waals surface area contributed by atoms with Gasteiger partial charge < -0.3 is 4.74 Å². The second kappa shape index (κ2) is 12.5. The van der Waals surface area contributed by atoms with Crippen molar-refractivity contribution in [1.82, 2.24) is 0 Å². The van der Waals surface area contributed by atoms with Crippen LogP contribution in [0.1, 0.15) is 94.1 Å². The zero-order valence-electron chi connectivity index (χ0n) is 23.3. The van der Waals surface area contributed by atoms with Crippen molar-refractivity contribution in [2.45, 2.75) is 89.1 Å². The van der Waals surface area contributed by atoms with Crippen LogP contribution in [0.3, 0.4) is 0 Å². The Kier molecular flexibility index (Phi) is 9.00. The molecule has 2 aliphatic carbocycles. The zero-order chi connectivity index (χ0) is 29.1. The number of ether oxygens (including phenoxy) is 1. The predicted octanol–water partition coefficient (Wildman–Crippen LogP) is 10.9. The summed E-state index contributed by atoms with van der Waals surface area (Å²) in [7, 11) is 0. The summed E-state index contributed by atoms with van der Waals surface area (Å²) >= 11 is 0. The third-order valence-corrected chi connectivity index (χ3v) is 9.12. The molecule has 0 unspecified atom stereocenters. The Balaban J connectivity index is 1.18. The molecule has 2 fully saturated rings. The van der Waals surface area contributed by atoms with Crippen molar-refractivity contribution in [3.05, 3.63) is 89.0 Å². The summed E-state index contributed by atoms with van der Waals surface area (Å²) in [5.41, 5.74) is 3.40. The highest BCUT2D eigenvalue weighted by molar-refractivity contribution is 5.65. The fourth-order valence-electron chi connectivity index (χ4n) is 6.74. The van der Waals surface area contributed by atoms with Crippen molar-refractivity contribution in [3.8, 4) is 16.9 Å². The molecule has 220 valence electrons. The molecule has 0 atom stereocenters. The molecule has 7 heteroatoms. The van der Waals surface area contributed by atoms with Crippen molar-refractivity contribution in [1.29, 1.82) is 0 Å². The number of alkyl halides is 2. The number of hydrogen-bond donors (Lipinski definition) is 0. The van der Waals surface area contributed by atoms with Crippen LogP contribution in [0, 0.1) is 35.1 Å². The Morgan fingerprint density at radius 2 is 1.24 bits per heavy atom. The van der Waals surface area contributed by atoms with Gasteiger partial charge >= 0.3 is 6.11 Å². The van der Waals surface area contributed by atoms with E-state index in [1.54, 1.807) is 6.07 Å². The fraction of sp³-hybridized carbons (Fsp3) is 0.471. The first-order chi connectivity index (χ1) is 19.6. The molecule has 3 aromatic rings. The molecule has 0 radical (unpaired) electrons. The van der Waals surface area contributed by atoms with Crippen LogP contribution < -0.4 is 4.74 Å². The van der Waals surface area contributed by atoms with E-state index >= 15 is 4.39 Å². The summed E-state index contributed by atoms with van der Waals surface area (Å²) in [6.45, 7) is 2.23. The Morgan fingerprint density at radius 3 is 1.83 bits per heavy atom. The zero-order valence-corrected chi connectivity index (χ0v) is 23.3. The molecule has 0 saturated heterocycles. The normalized spacial score (nSPS) is 23.4. The lowest BCUT2D eigenvalue weighted by molar-refractivity contribution is -0.222. The molecule has 0 N–H and O–H groups in total. The smallest absolute Gasteiger partial charge is 0.400 e. The van der Waals surface area contributed by atoms with Gasteiger partial charge in [-0.3, -0.25) is 0 Å². The maximum absolute atomic E-state index is 15.2. The van der Waals surface area contributed by atoms with Gasteiger partial charge in [0.1, 0.15) is 11.6 Å². The quantitative estimate of drug-likeness (QED) is 0.192. The standard InChI is InChI=1S/C34H36F6O/c1-2-3-21-4-6-24(7-5-21)26-14-17-29(30(35)18-26)25-10-8-22(9-11-25)23-12-15-27(16-13-23)34(39,40)41-28-19-31(36)33(38)32(37)20-28/h8-11,14,17-21,23-24,27H,2-7,12-13,15-16H2,1H3. The molecule has 0 aromatic heterocycles. The maximum Gasteiger partial charge on any atom is 0.400 e. The highest BCUT2D eigenvalue weighted by atomic mass is 19.3. The van der Waals surface area contributed by atoms with Gasteiger partial charge in [0.2, 0.25) is 0 Å². The lowest BCUT2D eigenvalue weighted by Crippen LogP contribution is -2.37. The highest BCUT2D eigenvalue weighted by Crippen LogP contribution is 2.44. The van der Waals surface area contributed by atoms with E-state index in [1.807, 2.05) is 30.3 Å². The Hall–Kier alpha value is -2.96. The first-order valence-corrected chi connectivity index (χ1v) is 14.8. The fourth-order valence-corrected chi connectivity index (χ4v) is 6.74.